The Morgan fingerprint density at radius 1 is 0.971 bits per heavy atom. The lowest BCUT2D eigenvalue weighted by Gasteiger charge is -2.32. The third-order valence-corrected chi connectivity index (χ3v) is 6.05. The van der Waals surface area contributed by atoms with Gasteiger partial charge in [0.15, 0.2) is 6.61 Å². The fourth-order valence-corrected chi connectivity index (χ4v) is 3.72. The molecule has 0 aliphatic rings. The second-order valence-electron chi connectivity index (χ2n) is 8.71. The van der Waals surface area contributed by atoms with Gasteiger partial charge < -0.3 is 15.0 Å². The Hall–Kier alpha value is -3.67. The van der Waals surface area contributed by atoms with Crippen molar-refractivity contribution in [2.45, 2.75) is 52.2 Å². The summed E-state index contributed by atoms with van der Waals surface area (Å²) >= 11 is 0. The molecule has 0 heterocycles. The summed E-state index contributed by atoms with van der Waals surface area (Å²) in [6, 6.07) is 22.2. The van der Waals surface area contributed by atoms with Gasteiger partial charge >= 0.3 is 0 Å². The second-order valence-corrected chi connectivity index (χ2v) is 8.71. The van der Waals surface area contributed by atoms with Crippen LogP contribution in [0.2, 0.25) is 0 Å². The van der Waals surface area contributed by atoms with Crippen LogP contribution in [0.15, 0.2) is 78.9 Å². The first-order chi connectivity index (χ1) is 16.9. The summed E-state index contributed by atoms with van der Waals surface area (Å²) < 4.78 is 18.9. The Morgan fingerprint density at radius 3 is 2.29 bits per heavy atom. The number of halogens is 1. The van der Waals surface area contributed by atoms with Gasteiger partial charge in [-0.25, -0.2) is 4.39 Å². The van der Waals surface area contributed by atoms with Crippen LogP contribution in [0, 0.1) is 12.7 Å². The number of hydrogen-bond acceptors (Lipinski definition) is 3. The molecule has 0 aliphatic carbocycles. The fourth-order valence-electron chi connectivity index (χ4n) is 3.72. The number of benzene rings is 3. The topological polar surface area (TPSA) is 58.6 Å². The molecule has 35 heavy (non-hydrogen) atoms. The average molecular weight is 477 g/mol. The molecule has 1 N–H and O–H groups in total. The van der Waals surface area contributed by atoms with Gasteiger partial charge in [0.2, 0.25) is 5.91 Å². The highest BCUT2D eigenvalue weighted by Gasteiger charge is 2.31. The standard InChI is InChI=1S/C29H33FN2O3/c1-4-22(3)31-29(34)27(18-23-11-6-5-7-12-23)32(19-24-13-9-8-10-21(24)2)28(33)20-35-26-16-14-25(30)15-17-26/h5-17,22,27H,4,18-20H2,1-3H3,(H,31,34)/t22-,27+/m1/s1. The molecule has 3 rings (SSSR count). The van der Waals surface area contributed by atoms with E-state index in [1.165, 1.54) is 24.3 Å². The maximum atomic E-state index is 13.5. The van der Waals surface area contributed by atoms with E-state index < -0.39 is 6.04 Å². The first-order valence-corrected chi connectivity index (χ1v) is 11.9. The highest BCUT2D eigenvalue weighted by atomic mass is 19.1. The van der Waals surface area contributed by atoms with E-state index in [4.69, 9.17) is 4.74 Å². The van der Waals surface area contributed by atoms with Crippen molar-refractivity contribution in [1.82, 2.24) is 10.2 Å². The second kappa shape index (κ2) is 12.7. The van der Waals surface area contributed by atoms with E-state index in [9.17, 15) is 14.0 Å². The Morgan fingerprint density at radius 2 is 1.63 bits per heavy atom. The summed E-state index contributed by atoms with van der Waals surface area (Å²) in [4.78, 5) is 28.6. The van der Waals surface area contributed by atoms with Crippen molar-refractivity contribution in [2.75, 3.05) is 6.61 Å². The van der Waals surface area contributed by atoms with Crippen molar-refractivity contribution in [3.05, 3.63) is 101 Å². The highest BCUT2D eigenvalue weighted by Crippen LogP contribution is 2.18. The minimum atomic E-state index is -0.727. The van der Waals surface area contributed by atoms with Gasteiger partial charge in [-0.3, -0.25) is 9.59 Å². The molecular formula is C29H33FN2O3. The van der Waals surface area contributed by atoms with Crippen LogP contribution in [0.3, 0.4) is 0 Å². The van der Waals surface area contributed by atoms with E-state index in [1.54, 1.807) is 4.90 Å². The van der Waals surface area contributed by atoms with Crippen molar-refractivity contribution in [3.63, 3.8) is 0 Å². The Kier molecular flexibility index (Phi) is 9.41. The molecule has 0 aliphatic heterocycles. The Balaban J connectivity index is 1.91. The van der Waals surface area contributed by atoms with Crippen LogP contribution in [0.4, 0.5) is 4.39 Å². The van der Waals surface area contributed by atoms with Gasteiger partial charge in [-0.2, -0.15) is 0 Å². The normalized spacial score (nSPS) is 12.5. The van der Waals surface area contributed by atoms with Crippen LogP contribution in [0.5, 0.6) is 5.75 Å². The van der Waals surface area contributed by atoms with E-state index in [2.05, 4.69) is 5.32 Å². The van der Waals surface area contributed by atoms with Crippen LogP contribution in [-0.4, -0.2) is 35.4 Å². The third-order valence-electron chi connectivity index (χ3n) is 6.05. The average Bonchev–Trinajstić information content (AvgIpc) is 2.87. The van der Waals surface area contributed by atoms with Gasteiger partial charge in [0.05, 0.1) is 0 Å². The predicted molar refractivity (Wildman–Crippen MR) is 135 cm³/mol. The quantitative estimate of drug-likeness (QED) is 0.421. The molecule has 3 aromatic rings. The number of rotatable bonds is 11. The third kappa shape index (κ3) is 7.67. The van der Waals surface area contributed by atoms with Gasteiger partial charge in [0.1, 0.15) is 17.6 Å². The number of hydrogen-bond donors (Lipinski definition) is 1. The lowest BCUT2D eigenvalue weighted by atomic mass is 10.0. The van der Waals surface area contributed by atoms with E-state index in [1.807, 2.05) is 75.4 Å². The molecule has 2 amide bonds. The number of nitrogens with zero attached hydrogens (tertiary/aromatic N) is 1. The van der Waals surface area contributed by atoms with Crippen molar-refractivity contribution in [1.29, 1.82) is 0 Å². The van der Waals surface area contributed by atoms with Crippen LogP contribution < -0.4 is 10.1 Å². The van der Waals surface area contributed by atoms with Crippen molar-refractivity contribution < 1.29 is 18.7 Å². The number of carbonyl (C=O) groups excluding carboxylic acids is 2. The Labute approximate surface area is 206 Å². The first kappa shape index (κ1) is 25.9. The molecule has 2 atom stereocenters. The van der Waals surface area contributed by atoms with E-state index >= 15 is 0 Å². The van der Waals surface area contributed by atoms with Gasteiger partial charge in [0.25, 0.3) is 5.91 Å². The molecule has 0 saturated carbocycles. The largest absolute Gasteiger partial charge is 0.484 e. The minimum absolute atomic E-state index is 0.0216. The SMILES string of the molecule is CC[C@@H](C)NC(=O)[C@H](Cc1ccccc1)N(Cc1ccccc1C)C(=O)COc1ccc(F)cc1. The van der Waals surface area contributed by atoms with Crippen molar-refractivity contribution in [2.24, 2.45) is 0 Å². The van der Waals surface area contributed by atoms with Crippen LogP contribution in [-0.2, 0) is 22.6 Å². The van der Waals surface area contributed by atoms with E-state index in [0.29, 0.717) is 12.2 Å². The summed E-state index contributed by atoms with van der Waals surface area (Å²) in [7, 11) is 0. The summed E-state index contributed by atoms with van der Waals surface area (Å²) in [5, 5.41) is 3.05. The summed E-state index contributed by atoms with van der Waals surface area (Å²) in [5.41, 5.74) is 2.95. The lowest BCUT2D eigenvalue weighted by molar-refractivity contribution is -0.143. The van der Waals surface area contributed by atoms with Crippen molar-refractivity contribution >= 4 is 11.8 Å². The molecular weight excluding hydrogens is 443 g/mol. The maximum absolute atomic E-state index is 13.5. The maximum Gasteiger partial charge on any atom is 0.261 e. The molecule has 184 valence electrons. The highest BCUT2D eigenvalue weighted by molar-refractivity contribution is 5.88. The Bertz CT molecular complexity index is 1100. The summed E-state index contributed by atoms with van der Waals surface area (Å²) in [5.74, 6) is -0.515. The number of aryl methyl sites for hydroxylation is 1. The van der Waals surface area contributed by atoms with E-state index in [-0.39, 0.29) is 36.8 Å². The smallest absolute Gasteiger partial charge is 0.261 e. The zero-order valence-electron chi connectivity index (χ0n) is 20.5. The number of ether oxygens (including phenoxy) is 1. The number of nitrogens with one attached hydrogen (secondary N) is 1. The molecule has 0 spiro atoms. The predicted octanol–water partition coefficient (Wildman–Crippen LogP) is 5.07. The van der Waals surface area contributed by atoms with E-state index in [0.717, 1.165) is 23.1 Å². The van der Waals surface area contributed by atoms with Crippen LogP contribution >= 0.6 is 0 Å². The molecule has 0 bridgehead atoms. The summed E-state index contributed by atoms with van der Waals surface area (Å²) in [6.07, 6.45) is 1.15. The summed E-state index contributed by atoms with van der Waals surface area (Å²) in [6.45, 7) is 5.94. The van der Waals surface area contributed by atoms with Gasteiger partial charge in [-0.05, 0) is 61.2 Å². The minimum Gasteiger partial charge on any atom is -0.484 e. The first-order valence-electron chi connectivity index (χ1n) is 11.9. The number of amides is 2. The van der Waals surface area contributed by atoms with Gasteiger partial charge in [-0.15, -0.1) is 0 Å². The molecule has 0 radical (unpaired) electrons. The molecule has 0 aromatic heterocycles. The molecule has 3 aromatic carbocycles. The lowest BCUT2D eigenvalue weighted by Crippen LogP contribution is -2.53. The molecule has 5 nitrogen and oxygen atoms in total. The molecule has 0 saturated heterocycles. The molecule has 0 unspecified atom stereocenters. The monoisotopic (exact) mass is 476 g/mol. The fraction of sp³-hybridized carbons (Fsp3) is 0.310. The zero-order valence-corrected chi connectivity index (χ0v) is 20.5. The van der Waals surface area contributed by atoms with Gasteiger partial charge in [0, 0.05) is 19.0 Å². The van der Waals surface area contributed by atoms with Crippen LogP contribution in [0.25, 0.3) is 0 Å². The number of carbonyl (C=O) groups is 2. The zero-order chi connectivity index (χ0) is 25.2. The molecule has 6 heteroatoms. The molecule has 0 fully saturated rings. The van der Waals surface area contributed by atoms with Crippen molar-refractivity contribution in [3.8, 4) is 5.75 Å². The van der Waals surface area contributed by atoms with Crippen LogP contribution in [0.1, 0.15) is 37.0 Å². The van der Waals surface area contributed by atoms with Gasteiger partial charge in [-0.1, -0.05) is 61.5 Å².